The van der Waals surface area contributed by atoms with Crippen LogP contribution in [0.25, 0.3) is 10.6 Å². The predicted octanol–water partition coefficient (Wildman–Crippen LogP) is 3.24. The molecule has 0 spiro atoms. The second kappa shape index (κ2) is 8.73. The van der Waals surface area contributed by atoms with E-state index in [4.69, 9.17) is 19.9 Å². The molecule has 0 aliphatic carbocycles. The lowest BCUT2D eigenvalue weighted by Gasteiger charge is -2.17. The van der Waals surface area contributed by atoms with E-state index in [1.165, 1.54) is 18.6 Å². The number of nitrogens with zero attached hydrogens (tertiary/aromatic N) is 3. The highest BCUT2D eigenvalue weighted by Crippen LogP contribution is 2.34. The first-order valence-electron chi connectivity index (χ1n) is 9.50. The molecule has 3 aromatic rings. The van der Waals surface area contributed by atoms with Crippen LogP contribution in [0.2, 0.25) is 0 Å². The van der Waals surface area contributed by atoms with E-state index in [1.54, 1.807) is 13.8 Å². The van der Waals surface area contributed by atoms with Gasteiger partial charge in [0.05, 0.1) is 18.4 Å². The fraction of sp³-hybridized carbons (Fsp3) is 0.300. The van der Waals surface area contributed by atoms with Crippen molar-refractivity contribution in [3.8, 4) is 16.5 Å². The zero-order valence-corrected chi connectivity index (χ0v) is 17.9. The van der Waals surface area contributed by atoms with Crippen LogP contribution in [0, 0.1) is 11.6 Å². The maximum atomic E-state index is 14.1. The maximum Gasteiger partial charge on any atom is 0.277 e. The fourth-order valence-electron chi connectivity index (χ4n) is 3.02. The van der Waals surface area contributed by atoms with Crippen molar-refractivity contribution in [3.05, 3.63) is 48.1 Å². The number of halogens is 2. The average molecular weight is 463 g/mol. The molecule has 1 atom stereocenters. The number of ether oxygens (including phenoxy) is 3. The number of amides is 1. The third kappa shape index (κ3) is 4.66. The average Bonchev–Trinajstić information content (AvgIpc) is 3.29. The minimum Gasteiger partial charge on any atom is -0.473 e. The number of hydrogen-bond donors (Lipinski definition) is 2. The summed E-state index contributed by atoms with van der Waals surface area (Å²) in [4.78, 5) is 24.7. The predicted molar refractivity (Wildman–Crippen MR) is 112 cm³/mol. The lowest BCUT2D eigenvalue weighted by molar-refractivity contribution is -0.141. The Morgan fingerprint density at radius 1 is 1.38 bits per heavy atom. The number of anilines is 2. The van der Waals surface area contributed by atoms with Gasteiger partial charge in [-0.3, -0.25) is 4.79 Å². The Morgan fingerprint density at radius 2 is 2.12 bits per heavy atom. The molecule has 1 unspecified atom stereocenters. The van der Waals surface area contributed by atoms with Gasteiger partial charge in [-0.25, -0.2) is 18.7 Å². The van der Waals surface area contributed by atoms with E-state index in [0.717, 1.165) is 23.5 Å². The minimum atomic E-state index is -0.806. The second-order valence-corrected chi connectivity index (χ2v) is 8.32. The summed E-state index contributed by atoms with van der Waals surface area (Å²) in [6.07, 6.45) is 2.30. The maximum absolute atomic E-state index is 14.1. The van der Waals surface area contributed by atoms with E-state index in [1.807, 2.05) is 0 Å². The van der Waals surface area contributed by atoms with Crippen LogP contribution in [0.3, 0.4) is 0 Å². The normalized spacial score (nSPS) is 17.3. The number of thiazole rings is 1. The quantitative estimate of drug-likeness (QED) is 0.571. The van der Waals surface area contributed by atoms with Crippen LogP contribution in [-0.4, -0.2) is 46.0 Å². The molecule has 3 heterocycles. The summed E-state index contributed by atoms with van der Waals surface area (Å²) in [5.74, 6) is -2.91. The smallest absolute Gasteiger partial charge is 0.277 e. The molecule has 1 aliphatic rings. The van der Waals surface area contributed by atoms with Crippen molar-refractivity contribution in [1.29, 1.82) is 0 Å². The van der Waals surface area contributed by atoms with E-state index in [9.17, 15) is 13.6 Å². The highest BCUT2D eigenvalue weighted by atomic mass is 32.1. The number of hydrogen-bond acceptors (Lipinski definition) is 9. The van der Waals surface area contributed by atoms with Crippen LogP contribution in [0.5, 0.6) is 5.88 Å². The molecule has 9 nitrogen and oxygen atoms in total. The summed E-state index contributed by atoms with van der Waals surface area (Å²) in [7, 11) is 0. The number of carbonyl (C=O) groups is 1. The molecule has 1 fully saturated rings. The molecule has 1 aliphatic heterocycles. The molecule has 3 N–H and O–H groups in total. The molecule has 168 valence electrons. The topological polar surface area (TPSA) is 121 Å². The summed E-state index contributed by atoms with van der Waals surface area (Å²) < 4.78 is 45.0. The van der Waals surface area contributed by atoms with Crippen LogP contribution in [0.1, 0.15) is 24.3 Å². The summed E-state index contributed by atoms with van der Waals surface area (Å²) in [6.45, 7) is 4.08. The third-order valence-corrected chi connectivity index (χ3v) is 5.34. The van der Waals surface area contributed by atoms with Gasteiger partial charge in [0, 0.05) is 0 Å². The Kier molecular flexibility index (Phi) is 6.00. The first-order valence-corrected chi connectivity index (χ1v) is 10.3. The van der Waals surface area contributed by atoms with Gasteiger partial charge < -0.3 is 25.3 Å². The fourth-order valence-corrected chi connectivity index (χ4v) is 3.90. The molecule has 1 saturated heterocycles. The van der Waals surface area contributed by atoms with Gasteiger partial charge in [-0.1, -0.05) is 17.4 Å². The lowest BCUT2D eigenvalue weighted by Crippen LogP contribution is -2.25. The Hall–Kier alpha value is -3.22. The molecular formula is C20H19F2N5O4S. The van der Waals surface area contributed by atoms with E-state index in [0.29, 0.717) is 6.61 Å². The van der Waals surface area contributed by atoms with Crippen LogP contribution < -0.4 is 15.8 Å². The summed E-state index contributed by atoms with van der Waals surface area (Å²) in [6, 6.07) is 3.43. The third-order valence-electron chi connectivity index (χ3n) is 4.44. The van der Waals surface area contributed by atoms with Gasteiger partial charge in [-0.15, -0.1) is 0 Å². The van der Waals surface area contributed by atoms with Crippen LogP contribution >= 0.6 is 11.3 Å². The van der Waals surface area contributed by atoms with E-state index >= 15 is 0 Å². The highest BCUT2D eigenvalue weighted by molar-refractivity contribution is 7.19. The largest absolute Gasteiger partial charge is 0.473 e. The zero-order chi connectivity index (χ0) is 22.9. The Labute approximate surface area is 185 Å². The molecule has 2 aromatic heterocycles. The molecule has 0 radical (unpaired) electrons. The second-order valence-electron chi connectivity index (χ2n) is 7.29. The highest BCUT2D eigenvalue weighted by Gasteiger charge is 2.33. The van der Waals surface area contributed by atoms with Crippen LogP contribution in [0.4, 0.5) is 19.5 Å². The zero-order valence-electron chi connectivity index (χ0n) is 17.1. The molecule has 0 saturated carbocycles. The van der Waals surface area contributed by atoms with Crippen molar-refractivity contribution < 1.29 is 27.8 Å². The van der Waals surface area contributed by atoms with E-state index in [-0.39, 0.29) is 45.5 Å². The first kappa shape index (κ1) is 22.0. The van der Waals surface area contributed by atoms with Crippen molar-refractivity contribution in [1.82, 2.24) is 15.0 Å². The van der Waals surface area contributed by atoms with Crippen molar-refractivity contribution in [2.45, 2.75) is 25.7 Å². The molecule has 1 amide bonds. The molecule has 32 heavy (non-hydrogen) atoms. The standard InChI is InChI=1S/C20H19F2N5O4S/c1-20(2)30-8-10(31-20)7-29-18-13(6-24-9-25-18)26-17(28)15-16(23)32-19(27-15)14-11(21)4-3-5-12(14)22/h3-6,9-10H,7-8,23H2,1-2H3,(H,26,28). The van der Waals surface area contributed by atoms with Crippen molar-refractivity contribution in [2.75, 3.05) is 24.3 Å². The number of rotatable bonds is 6. The molecular weight excluding hydrogens is 444 g/mol. The van der Waals surface area contributed by atoms with E-state index < -0.39 is 23.3 Å². The Balaban J connectivity index is 1.50. The molecule has 1 aromatic carbocycles. The van der Waals surface area contributed by atoms with Crippen LogP contribution in [-0.2, 0) is 9.47 Å². The van der Waals surface area contributed by atoms with Gasteiger partial charge in [0.25, 0.3) is 5.91 Å². The number of nitrogens with two attached hydrogens (primary N) is 1. The number of carbonyl (C=O) groups excluding carboxylic acids is 1. The van der Waals surface area contributed by atoms with Gasteiger partial charge in [0.1, 0.15) is 46.4 Å². The molecule has 12 heteroatoms. The van der Waals surface area contributed by atoms with Gasteiger partial charge in [0.15, 0.2) is 11.5 Å². The SMILES string of the molecule is CC1(C)OCC(COc2ncncc2NC(=O)c2nc(-c3c(F)cccc3F)sc2N)O1. The number of nitrogens with one attached hydrogen (secondary N) is 1. The number of benzene rings is 1. The van der Waals surface area contributed by atoms with Gasteiger partial charge in [0.2, 0.25) is 5.88 Å². The lowest BCUT2D eigenvalue weighted by atomic mass is 10.2. The Morgan fingerprint density at radius 3 is 2.81 bits per heavy atom. The summed E-state index contributed by atoms with van der Waals surface area (Å²) in [5.41, 5.74) is 5.53. The number of nitrogen functional groups attached to an aromatic ring is 1. The van der Waals surface area contributed by atoms with Crippen molar-refractivity contribution in [3.63, 3.8) is 0 Å². The number of aromatic nitrogens is 3. The van der Waals surface area contributed by atoms with Gasteiger partial charge in [-0.05, 0) is 26.0 Å². The molecule has 0 bridgehead atoms. The summed E-state index contributed by atoms with van der Waals surface area (Å²) >= 11 is 0.799. The van der Waals surface area contributed by atoms with Gasteiger partial charge >= 0.3 is 0 Å². The van der Waals surface area contributed by atoms with E-state index in [2.05, 4.69) is 20.3 Å². The van der Waals surface area contributed by atoms with Crippen molar-refractivity contribution >= 4 is 27.9 Å². The monoisotopic (exact) mass is 463 g/mol. The van der Waals surface area contributed by atoms with Gasteiger partial charge in [-0.2, -0.15) is 4.98 Å². The minimum absolute atomic E-state index is 0.00166. The first-order chi connectivity index (χ1) is 15.2. The Bertz CT molecular complexity index is 1140. The van der Waals surface area contributed by atoms with Crippen LogP contribution in [0.15, 0.2) is 30.7 Å². The summed E-state index contributed by atoms with van der Waals surface area (Å²) in [5, 5.41) is 2.52. The van der Waals surface area contributed by atoms with Crippen molar-refractivity contribution in [2.24, 2.45) is 0 Å². The molecule has 4 rings (SSSR count).